The summed E-state index contributed by atoms with van der Waals surface area (Å²) in [6.45, 7) is 3.75. The van der Waals surface area contributed by atoms with E-state index in [2.05, 4.69) is 5.32 Å². The summed E-state index contributed by atoms with van der Waals surface area (Å²) < 4.78 is 5.08. The highest BCUT2D eigenvalue weighted by molar-refractivity contribution is 6.32. The normalized spacial score (nSPS) is 10.2. The maximum atomic E-state index is 12.2. The zero-order chi connectivity index (χ0) is 18.4. The third-order valence-electron chi connectivity index (χ3n) is 3.69. The lowest BCUT2D eigenvalue weighted by Gasteiger charge is -2.21. The molecule has 1 N–H and O–H groups in total. The molecule has 0 saturated carbocycles. The van der Waals surface area contributed by atoms with E-state index in [9.17, 15) is 9.59 Å². The Labute approximate surface area is 152 Å². The van der Waals surface area contributed by atoms with Crippen molar-refractivity contribution in [1.82, 2.24) is 0 Å². The van der Waals surface area contributed by atoms with Gasteiger partial charge in [0.25, 0.3) is 0 Å². The molecule has 6 heteroatoms. The Bertz CT molecular complexity index is 777. The Morgan fingerprint density at radius 3 is 2.56 bits per heavy atom. The van der Waals surface area contributed by atoms with E-state index in [0.717, 1.165) is 11.3 Å². The SMILES string of the molecule is COc1ccc(NC(=O)CCN(C(C)=O)c2cccc(C)c2)cc1Cl. The smallest absolute Gasteiger partial charge is 0.226 e. The predicted octanol–water partition coefficient (Wildman–Crippen LogP) is 4.04. The molecule has 25 heavy (non-hydrogen) atoms. The number of anilines is 2. The molecule has 2 aromatic rings. The van der Waals surface area contributed by atoms with E-state index in [1.165, 1.54) is 14.0 Å². The Kier molecular flexibility index (Phi) is 6.42. The lowest BCUT2D eigenvalue weighted by molar-refractivity contribution is -0.117. The number of carbonyl (C=O) groups excluding carboxylic acids is 2. The zero-order valence-corrected chi connectivity index (χ0v) is 15.3. The molecule has 0 saturated heterocycles. The molecule has 0 radical (unpaired) electrons. The molecule has 0 heterocycles. The average molecular weight is 361 g/mol. The largest absolute Gasteiger partial charge is 0.495 e. The van der Waals surface area contributed by atoms with Crippen LogP contribution in [0.15, 0.2) is 42.5 Å². The summed E-state index contributed by atoms with van der Waals surface area (Å²) in [5.74, 6) is 0.243. The standard InChI is InChI=1S/C19H21ClN2O3/c1-13-5-4-6-16(11-13)22(14(2)23)10-9-19(24)21-15-7-8-18(25-3)17(20)12-15/h4-8,11-12H,9-10H2,1-3H3,(H,21,24). The Morgan fingerprint density at radius 2 is 1.96 bits per heavy atom. The highest BCUT2D eigenvalue weighted by Crippen LogP contribution is 2.27. The van der Waals surface area contributed by atoms with Gasteiger partial charge in [-0.2, -0.15) is 0 Å². The topological polar surface area (TPSA) is 58.6 Å². The van der Waals surface area contributed by atoms with Gasteiger partial charge in [-0.3, -0.25) is 9.59 Å². The molecule has 0 aliphatic rings. The third kappa shape index (κ3) is 5.22. The molecule has 5 nitrogen and oxygen atoms in total. The van der Waals surface area contributed by atoms with E-state index in [1.807, 2.05) is 31.2 Å². The number of nitrogens with one attached hydrogen (secondary N) is 1. The van der Waals surface area contributed by atoms with Crippen LogP contribution in [0.25, 0.3) is 0 Å². The number of aryl methyl sites for hydroxylation is 1. The predicted molar refractivity (Wildman–Crippen MR) is 100 cm³/mol. The molecule has 0 bridgehead atoms. The van der Waals surface area contributed by atoms with Gasteiger partial charge in [-0.25, -0.2) is 0 Å². The van der Waals surface area contributed by atoms with Gasteiger partial charge >= 0.3 is 0 Å². The molecule has 0 unspecified atom stereocenters. The van der Waals surface area contributed by atoms with Crippen molar-refractivity contribution < 1.29 is 14.3 Å². The summed E-state index contributed by atoms with van der Waals surface area (Å²) in [5, 5.41) is 3.20. The van der Waals surface area contributed by atoms with Crippen molar-refractivity contribution in [2.24, 2.45) is 0 Å². The fraction of sp³-hybridized carbons (Fsp3) is 0.263. The summed E-state index contributed by atoms with van der Waals surface area (Å²) in [6.07, 6.45) is 0.178. The van der Waals surface area contributed by atoms with E-state index < -0.39 is 0 Å². The van der Waals surface area contributed by atoms with E-state index in [1.54, 1.807) is 23.1 Å². The number of nitrogens with zero attached hydrogens (tertiary/aromatic N) is 1. The Hall–Kier alpha value is -2.53. The van der Waals surface area contributed by atoms with Crippen LogP contribution in [0.1, 0.15) is 18.9 Å². The second kappa shape index (κ2) is 8.53. The summed E-state index contributed by atoms with van der Waals surface area (Å²) in [6, 6.07) is 12.7. The van der Waals surface area contributed by atoms with Crippen LogP contribution < -0.4 is 15.0 Å². The highest BCUT2D eigenvalue weighted by atomic mass is 35.5. The van der Waals surface area contributed by atoms with Crippen LogP contribution in [-0.4, -0.2) is 25.5 Å². The number of hydrogen-bond acceptors (Lipinski definition) is 3. The molecule has 0 aliphatic carbocycles. The molecule has 0 atom stereocenters. The van der Waals surface area contributed by atoms with Gasteiger partial charge in [0.2, 0.25) is 11.8 Å². The van der Waals surface area contributed by atoms with Crippen LogP contribution in [0.2, 0.25) is 5.02 Å². The second-order valence-electron chi connectivity index (χ2n) is 5.66. The van der Waals surface area contributed by atoms with Gasteiger partial charge in [-0.05, 0) is 42.8 Å². The van der Waals surface area contributed by atoms with E-state index in [0.29, 0.717) is 23.0 Å². The van der Waals surface area contributed by atoms with E-state index >= 15 is 0 Å². The summed E-state index contributed by atoms with van der Waals surface area (Å²) in [7, 11) is 1.53. The third-order valence-corrected chi connectivity index (χ3v) is 3.99. The van der Waals surface area contributed by atoms with Gasteiger partial charge in [0.1, 0.15) is 5.75 Å². The first-order chi connectivity index (χ1) is 11.9. The summed E-state index contributed by atoms with van der Waals surface area (Å²) in [5.41, 5.74) is 2.43. The van der Waals surface area contributed by atoms with Crippen molar-refractivity contribution in [2.75, 3.05) is 23.9 Å². The number of benzene rings is 2. The van der Waals surface area contributed by atoms with Crippen LogP contribution >= 0.6 is 11.6 Å². The minimum atomic E-state index is -0.194. The zero-order valence-electron chi connectivity index (χ0n) is 14.5. The lowest BCUT2D eigenvalue weighted by Crippen LogP contribution is -2.32. The van der Waals surface area contributed by atoms with Crippen LogP contribution in [0, 0.1) is 6.92 Å². The van der Waals surface area contributed by atoms with Gasteiger partial charge in [0.05, 0.1) is 12.1 Å². The van der Waals surface area contributed by atoms with Gasteiger partial charge in [0.15, 0.2) is 0 Å². The van der Waals surface area contributed by atoms with Gasteiger partial charge in [-0.15, -0.1) is 0 Å². The lowest BCUT2D eigenvalue weighted by atomic mass is 10.2. The molecule has 0 aromatic heterocycles. The van der Waals surface area contributed by atoms with Crippen molar-refractivity contribution in [3.63, 3.8) is 0 Å². The fourth-order valence-electron chi connectivity index (χ4n) is 2.45. The number of hydrogen-bond donors (Lipinski definition) is 1. The highest BCUT2D eigenvalue weighted by Gasteiger charge is 2.14. The van der Waals surface area contributed by atoms with Crippen LogP contribution in [-0.2, 0) is 9.59 Å². The van der Waals surface area contributed by atoms with Gasteiger partial charge < -0.3 is 15.0 Å². The molecule has 0 fully saturated rings. The van der Waals surface area contributed by atoms with Gasteiger partial charge in [0, 0.05) is 31.3 Å². The molecule has 2 aromatic carbocycles. The molecule has 2 rings (SSSR count). The van der Waals surface area contributed by atoms with Crippen molar-refractivity contribution in [2.45, 2.75) is 20.3 Å². The van der Waals surface area contributed by atoms with Gasteiger partial charge in [-0.1, -0.05) is 23.7 Å². The maximum Gasteiger partial charge on any atom is 0.226 e. The van der Waals surface area contributed by atoms with Crippen LogP contribution in [0.5, 0.6) is 5.75 Å². The minimum Gasteiger partial charge on any atom is -0.495 e. The molecule has 2 amide bonds. The fourth-order valence-corrected chi connectivity index (χ4v) is 2.70. The molecule has 0 spiro atoms. The minimum absolute atomic E-state index is 0.106. The summed E-state index contributed by atoms with van der Waals surface area (Å²) in [4.78, 5) is 25.7. The monoisotopic (exact) mass is 360 g/mol. The number of carbonyl (C=O) groups is 2. The van der Waals surface area contributed by atoms with Crippen LogP contribution in [0.4, 0.5) is 11.4 Å². The van der Waals surface area contributed by atoms with Crippen molar-refractivity contribution in [3.05, 3.63) is 53.1 Å². The quantitative estimate of drug-likeness (QED) is 0.845. The number of ether oxygens (including phenoxy) is 1. The Balaban J connectivity index is 1.99. The van der Waals surface area contributed by atoms with E-state index in [-0.39, 0.29) is 18.2 Å². The molecular formula is C19H21ClN2O3. The number of methoxy groups -OCH3 is 1. The Morgan fingerprint density at radius 1 is 1.20 bits per heavy atom. The first kappa shape index (κ1) is 18.8. The summed E-state index contributed by atoms with van der Waals surface area (Å²) >= 11 is 6.05. The molecule has 132 valence electrons. The van der Waals surface area contributed by atoms with Crippen molar-refractivity contribution in [1.29, 1.82) is 0 Å². The average Bonchev–Trinajstić information content (AvgIpc) is 2.55. The van der Waals surface area contributed by atoms with Crippen molar-refractivity contribution in [3.8, 4) is 5.75 Å². The molecule has 0 aliphatic heterocycles. The second-order valence-corrected chi connectivity index (χ2v) is 6.06. The first-order valence-electron chi connectivity index (χ1n) is 7.89. The number of halogens is 1. The number of rotatable bonds is 6. The molecular weight excluding hydrogens is 340 g/mol. The maximum absolute atomic E-state index is 12.2. The number of amides is 2. The van der Waals surface area contributed by atoms with E-state index in [4.69, 9.17) is 16.3 Å². The van der Waals surface area contributed by atoms with Crippen molar-refractivity contribution >= 4 is 34.8 Å². The first-order valence-corrected chi connectivity index (χ1v) is 8.26. The van der Waals surface area contributed by atoms with Crippen LogP contribution in [0.3, 0.4) is 0 Å².